The maximum absolute atomic E-state index is 5.41. The largest absolute Gasteiger partial charge is 0.497 e. The Labute approximate surface area is 150 Å². The number of benzene rings is 1. The lowest BCUT2D eigenvalue weighted by Gasteiger charge is -2.39. The first-order chi connectivity index (χ1) is 12.1. The van der Waals surface area contributed by atoms with E-state index in [-0.39, 0.29) is 5.41 Å². The van der Waals surface area contributed by atoms with E-state index in [0.717, 1.165) is 56.7 Å². The molecule has 2 aliphatic rings. The molecule has 0 bridgehead atoms. The molecule has 3 rings (SSSR count). The van der Waals surface area contributed by atoms with Crippen molar-refractivity contribution in [1.29, 1.82) is 0 Å². The third-order valence-electron chi connectivity index (χ3n) is 5.12. The van der Waals surface area contributed by atoms with Crippen LogP contribution in [0.5, 0.6) is 11.5 Å². The molecule has 0 amide bonds. The summed E-state index contributed by atoms with van der Waals surface area (Å²) in [5.74, 6) is 3.11. The summed E-state index contributed by atoms with van der Waals surface area (Å²) in [5.41, 5.74) is 1.49. The average molecular weight is 347 g/mol. The number of likely N-dealkylation sites (tertiary alicyclic amines) is 1. The number of ether oxygens (including phenoxy) is 3. The molecule has 1 N–H and O–H groups in total. The fourth-order valence-corrected chi connectivity index (χ4v) is 3.47. The van der Waals surface area contributed by atoms with Gasteiger partial charge in [-0.3, -0.25) is 4.99 Å². The van der Waals surface area contributed by atoms with Crippen LogP contribution >= 0.6 is 0 Å². The molecular formula is C19H29N3O3. The molecule has 0 aromatic heterocycles. The number of rotatable bonds is 5. The van der Waals surface area contributed by atoms with Gasteiger partial charge >= 0.3 is 0 Å². The monoisotopic (exact) mass is 347 g/mol. The summed E-state index contributed by atoms with van der Waals surface area (Å²) in [6.45, 7) is 6.73. The van der Waals surface area contributed by atoms with Crippen molar-refractivity contribution in [1.82, 2.24) is 10.2 Å². The topological polar surface area (TPSA) is 55.3 Å². The minimum Gasteiger partial charge on any atom is -0.497 e. The van der Waals surface area contributed by atoms with Crippen LogP contribution in [0.25, 0.3) is 0 Å². The van der Waals surface area contributed by atoms with Gasteiger partial charge in [0.2, 0.25) is 0 Å². The zero-order chi connectivity index (χ0) is 17.9. The Morgan fingerprint density at radius 1 is 1.28 bits per heavy atom. The van der Waals surface area contributed by atoms with Gasteiger partial charge in [0.05, 0.1) is 27.4 Å². The second-order valence-electron chi connectivity index (χ2n) is 7.28. The Balaban J connectivity index is 1.64. The second-order valence-corrected chi connectivity index (χ2v) is 7.28. The lowest BCUT2D eigenvalue weighted by Crippen LogP contribution is -2.51. The number of nitrogens with zero attached hydrogens (tertiary/aromatic N) is 2. The summed E-state index contributed by atoms with van der Waals surface area (Å²) >= 11 is 0. The lowest BCUT2D eigenvalue weighted by atomic mass is 9.89. The maximum atomic E-state index is 5.41. The minimum absolute atomic E-state index is 0.231. The zero-order valence-corrected chi connectivity index (χ0v) is 15.7. The number of guanidine groups is 1. The van der Waals surface area contributed by atoms with E-state index in [1.807, 2.05) is 13.1 Å². The highest BCUT2D eigenvalue weighted by molar-refractivity contribution is 5.80. The zero-order valence-electron chi connectivity index (χ0n) is 15.7. The molecule has 1 aromatic rings. The first-order valence-corrected chi connectivity index (χ1v) is 8.83. The van der Waals surface area contributed by atoms with E-state index in [2.05, 4.69) is 34.3 Å². The van der Waals surface area contributed by atoms with Crippen molar-refractivity contribution in [2.24, 2.45) is 10.4 Å². The summed E-state index contributed by atoms with van der Waals surface area (Å²) in [6, 6.07) is 6.14. The fraction of sp³-hybridized carbons (Fsp3) is 0.632. The van der Waals surface area contributed by atoms with E-state index in [9.17, 15) is 0 Å². The Morgan fingerprint density at radius 2 is 1.96 bits per heavy atom. The SMILES string of the molecule is CN=C(NCC1(C)COC1)N1CCC(c2cc(OC)cc(OC)c2)C1. The number of hydrogen-bond acceptors (Lipinski definition) is 4. The van der Waals surface area contributed by atoms with E-state index in [1.165, 1.54) is 5.56 Å². The van der Waals surface area contributed by atoms with E-state index < -0.39 is 0 Å². The molecule has 25 heavy (non-hydrogen) atoms. The molecule has 0 radical (unpaired) electrons. The van der Waals surface area contributed by atoms with E-state index in [1.54, 1.807) is 14.2 Å². The third kappa shape index (κ3) is 4.00. The fourth-order valence-electron chi connectivity index (χ4n) is 3.47. The van der Waals surface area contributed by atoms with Crippen LogP contribution < -0.4 is 14.8 Å². The maximum Gasteiger partial charge on any atom is 0.193 e. The predicted octanol–water partition coefficient (Wildman–Crippen LogP) is 2.10. The molecule has 2 heterocycles. The number of hydrogen-bond donors (Lipinski definition) is 1. The van der Waals surface area contributed by atoms with E-state index in [0.29, 0.717) is 5.92 Å². The Bertz CT molecular complexity index is 606. The molecule has 138 valence electrons. The van der Waals surface area contributed by atoms with Gasteiger partial charge in [-0.25, -0.2) is 0 Å². The van der Waals surface area contributed by atoms with Crippen LogP contribution in [0.4, 0.5) is 0 Å². The summed E-state index contributed by atoms with van der Waals surface area (Å²) in [4.78, 5) is 6.80. The summed E-state index contributed by atoms with van der Waals surface area (Å²) in [6.07, 6.45) is 1.09. The van der Waals surface area contributed by atoms with Gasteiger partial charge in [0.25, 0.3) is 0 Å². The first-order valence-electron chi connectivity index (χ1n) is 8.83. The molecule has 1 unspecified atom stereocenters. The molecule has 2 fully saturated rings. The highest BCUT2D eigenvalue weighted by Gasteiger charge is 2.34. The number of nitrogens with one attached hydrogen (secondary N) is 1. The molecule has 2 saturated heterocycles. The first kappa shape index (κ1) is 17.9. The highest BCUT2D eigenvalue weighted by Crippen LogP contribution is 2.33. The smallest absolute Gasteiger partial charge is 0.193 e. The van der Waals surface area contributed by atoms with Crippen molar-refractivity contribution in [3.63, 3.8) is 0 Å². The van der Waals surface area contributed by atoms with Gasteiger partial charge in [-0.1, -0.05) is 6.92 Å². The van der Waals surface area contributed by atoms with Crippen molar-refractivity contribution in [3.05, 3.63) is 23.8 Å². The van der Waals surface area contributed by atoms with Gasteiger partial charge in [-0.05, 0) is 24.1 Å². The van der Waals surface area contributed by atoms with Gasteiger partial charge in [0.1, 0.15) is 11.5 Å². The molecular weight excluding hydrogens is 318 g/mol. The van der Waals surface area contributed by atoms with Gasteiger partial charge in [0, 0.05) is 44.1 Å². The van der Waals surface area contributed by atoms with Gasteiger partial charge in [0.15, 0.2) is 5.96 Å². The molecule has 2 aliphatic heterocycles. The molecule has 6 nitrogen and oxygen atoms in total. The molecule has 1 atom stereocenters. The van der Waals surface area contributed by atoms with Gasteiger partial charge in [-0.2, -0.15) is 0 Å². The van der Waals surface area contributed by atoms with E-state index in [4.69, 9.17) is 14.2 Å². The Kier molecular flexibility index (Phi) is 5.37. The van der Waals surface area contributed by atoms with Crippen LogP contribution in [0, 0.1) is 5.41 Å². The molecule has 0 spiro atoms. The summed E-state index contributed by atoms with van der Waals surface area (Å²) in [7, 11) is 5.23. The predicted molar refractivity (Wildman–Crippen MR) is 98.8 cm³/mol. The van der Waals surface area contributed by atoms with Crippen LogP contribution in [0.1, 0.15) is 24.8 Å². The molecule has 0 saturated carbocycles. The van der Waals surface area contributed by atoms with Crippen LogP contribution in [0.3, 0.4) is 0 Å². The summed E-state index contributed by atoms with van der Waals surface area (Å²) < 4.78 is 16.1. The highest BCUT2D eigenvalue weighted by atomic mass is 16.5. The number of aliphatic imine (C=N–C) groups is 1. The number of methoxy groups -OCH3 is 2. The molecule has 6 heteroatoms. The van der Waals surface area contributed by atoms with Gasteiger partial charge < -0.3 is 24.4 Å². The van der Waals surface area contributed by atoms with Crippen LogP contribution in [0.15, 0.2) is 23.2 Å². The normalized spacial score (nSPS) is 22.5. The lowest BCUT2D eigenvalue weighted by molar-refractivity contribution is -0.0972. The second kappa shape index (κ2) is 7.52. The van der Waals surface area contributed by atoms with E-state index >= 15 is 0 Å². The third-order valence-corrected chi connectivity index (χ3v) is 5.12. The van der Waals surface area contributed by atoms with Gasteiger partial charge in [-0.15, -0.1) is 0 Å². The molecule has 1 aromatic carbocycles. The van der Waals surface area contributed by atoms with Crippen molar-refractivity contribution >= 4 is 5.96 Å². The van der Waals surface area contributed by atoms with Crippen molar-refractivity contribution in [3.8, 4) is 11.5 Å². The van der Waals surface area contributed by atoms with Crippen LogP contribution in [-0.2, 0) is 4.74 Å². The summed E-state index contributed by atoms with van der Waals surface area (Å²) in [5, 5.41) is 3.52. The van der Waals surface area contributed by atoms with Crippen molar-refractivity contribution in [2.75, 3.05) is 54.1 Å². The average Bonchev–Trinajstić information content (AvgIpc) is 3.10. The van der Waals surface area contributed by atoms with Crippen LogP contribution in [0.2, 0.25) is 0 Å². The van der Waals surface area contributed by atoms with Crippen LogP contribution in [-0.4, -0.2) is 65.0 Å². The quantitative estimate of drug-likeness (QED) is 0.653. The standard InChI is InChI=1S/C19H29N3O3/c1-19(12-25-13-19)11-21-18(20-2)22-6-5-14(10-22)15-7-16(23-3)9-17(8-15)24-4/h7-9,14H,5-6,10-13H2,1-4H3,(H,20,21). The van der Waals surface area contributed by atoms with Crippen molar-refractivity contribution < 1.29 is 14.2 Å². The van der Waals surface area contributed by atoms with Crippen molar-refractivity contribution in [2.45, 2.75) is 19.3 Å². The Hall–Kier alpha value is -1.95. The minimum atomic E-state index is 0.231. The Morgan fingerprint density at radius 3 is 2.48 bits per heavy atom. The molecule has 0 aliphatic carbocycles.